The van der Waals surface area contributed by atoms with Gasteiger partial charge in [-0.1, -0.05) is 30.3 Å². The van der Waals surface area contributed by atoms with Crippen LogP contribution in [-0.4, -0.2) is 42.3 Å². The number of benzene rings is 1. The molecule has 1 amide bonds. The predicted molar refractivity (Wildman–Crippen MR) is 105 cm³/mol. The zero-order valence-corrected chi connectivity index (χ0v) is 16.6. The highest BCUT2D eigenvalue weighted by Gasteiger charge is 2.23. The van der Waals surface area contributed by atoms with Gasteiger partial charge in [0.25, 0.3) is 0 Å². The second kappa shape index (κ2) is 9.50. The maximum Gasteiger partial charge on any atom is 0.355 e. The van der Waals surface area contributed by atoms with Gasteiger partial charge in [-0.05, 0) is 31.1 Å². The summed E-state index contributed by atoms with van der Waals surface area (Å²) >= 11 is 0. The maximum absolute atomic E-state index is 12.5. The molecule has 0 spiro atoms. The quantitative estimate of drug-likeness (QED) is 0.420. The zero-order chi connectivity index (χ0) is 21.6. The normalized spacial score (nSPS) is 11.0. The number of aryl methyl sites for hydroxylation is 1. The fraction of sp³-hybridized carbons (Fsp3) is 0.238. The molecule has 8 nitrogen and oxygen atoms in total. The van der Waals surface area contributed by atoms with E-state index in [-0.39, 0.29) is 17.0 Å². The molecule has 1 heterocycles. The van der Waals surface area contributed by atoms with E-state index in [2.05, 4.69) is 10.3 Å². The Hall–Kier alpha value is -3.68. The minimum absolute atomic E-state index is 0.0915. The molecule has 0 aliphatic rings. The number of hydrogen-bond acceptors (Lipinski definition) is 6. The molecule has 0 aliphatic heterocycles. The number of aromatic nitrogens is 1. The van der Waals surface area contributed by atoms with Crippen LogP contribution in [-0.2, 0) is 19.1 Å². The number of Topliss-reactive ketones (excluding diaryl/α,β-unsaturated/α-hetero) is 1. The summed E-state index contributed by atoms with van der Waals surface area (Å²) in [7, 11) is 1.25. The van der Waals surface area contributed by atoms with Gasteiger partial charge in [-0.25, -0.2) is 9.59 Å². The molecule has 152 valence electrons. The minimum atomic E-state index is -0.855. The molecule has 29 heavy (non-hydrogen) atoms. The van der Waals surface area contributed by atoms with Crippen LogP contribution in [0, 0.1) is 13.8 Å². The summed E-state index contributed by atoms with van der Waals surface area (Å²) in [5.74, 6) is -2.39. The predicted octanol–water partition coefficient (Wildman–Crippen LogP) is 2.32. The SMILES string of the molecule is COC(=O)c1c(C)[nH]c(C(=O)COC(=O)/C(=C/c2ccccc2)NC(C)=O)c1C. The Labute approximate surface area is 167 Å². The van der Waals surface area contributed by atoms with Crippen molar-refractivity contribution >= 4 is 29.7 Å². The van der Waals surface area contributed by atoms with Crippen molar-refractivity contribution < 1.29 is 28.7 Å². The van der Waals surface area contributed by atoms with E-state index in [0.29, 0.717) is 16.8 Å². The van der Waals surface area contributed by atoms with Gasteiger partial charge in [0, 0.05) is 12.6 Å². The van der Waals surface area contributed by atoms with Gasteiger partial charge >= 0.3 is 11.9 Å². The Kier molecular flexibility index (Phi) is 7.08. The monoisotopic (exact) mass is 398 g/mol. The van der Waals surface area contributed by atoms with Crippen LogP contribution in [0.15, 0.2) is 36.0 Å². The van der Waals surface area contributed by atoms with Gasteiger partial charge in [-0.15, -0.1) is 0 Å². The Bertz CT molecular complexity index is 973. The number of amides is 1. The highest BCUT2D eigenvalue weighted by atomic mass is 16.5. The molecule has 0 saturated carbocycles. The highest BCUT2D eigenvalue weighted by Crippen LogP contribution is 2.19. The number of methoxy groups -OCH3 is 1. The molecule has 1 aromatic heterocycles. The summed E-state index contributed by atoms with van der Waals surface area (Å²) in [6.45, 7) is 3.94. The average molecular weight is 398 g/mol. The van der Waals surface area contributed by atoms with Crippen LogP contribution in [0.5, 0.6) is 0 Å². The zero-order valence-electron chi connectivity index (χ0n) is 16.6. The summed E-state index contributed by atoms with van der Waals surface area (Å²) in [5.41, 5.74) is 1.90. The first-order valence-electron chi connectivity index (χ1n) is 8.76. The third kappa shape index (κ3) is 5.41. The van der Waals surface area contributed by atoms with Gasteiger partial charge in [0.05, 0.1) is 18.4 Å². The molecule has 2 aromatic rings. The number of rotatable bonds is 7. The highest BCUT2D eigenvalue weighted by molar-refractivity contribution is 6.04. The number of carbonyl (C=O) groups excluding carboxylic acids is 4. The fourth-order valence-corrected chi connectivity index (χ4v) is 2.77. The lowest BCUT2D eigenvalue weighted by molar-refractivity contribution is -0.139. The number of hydrogen-bond donors (Lipinski definition) is 2. The standard InChI is InChI=1S/C21H22N2O6/c1-12-18(21(27)28-4)13(2)22-19(12)17(25)11-29-20(26)16(23-14(3)24)10-15-8-6-5-7-9-15/h5-10,22H,11H2,1-4H3,(H,23,24)/b16-10-. The minimum Gasteiger partial charge on any atom is -0.465 e. The second-order valence-corrected chi connectivity index (χ2v) is 6.27. The number of carbonyl (C=O) groups is 4. The Morgan fingerprint density at radius 3 is 2.34 bits per heavy atom. The van der Waals surface area contributed by atoms with Crippen LogP contribution < -0.4 is 5.32 Å². The van der Waals surface area contributed by atoms with Gasteiger partial charge < -0.3 is 19.8 Å². The molecule has 1 aromatic carbocycles. The molecular formula is C21H22N2O6. The summed E-state index contributed by atoms with van der Waals surface area (Å²) < 4.78 is 9.79. The van der Waals surface area contributed by atoms with E-state index in [1.54, 1.807) is 38.1 Å². The summed E-state index contributed by atoms with van der Waals surface area (Å²) in [4.78, 5) is 50.9. The molecule has 0 unspecified atom stereocenters. The van der Waals surface area contributed by atoms with Crippen molar-refractivity contribution in [3.8, 4) is 0 Å². The largest absolute Gasteiger partial charge is 0.465 e. The van der Waals surface area contributed by atoms with Gasteiger partial charge in [0.1, 0.15) is 5.70 Å². The van der Waals surface area contributed by atoms with Crippen molar-refractivity contribution in [2.75, 3.05) is 13.7 Å². The smallest absolute Gasteiger partial charge is 0.355 e. The molecule has 0 radical (unpaired) electrons. The van der Waals surface area contributed by atoms with E-state index in [1.807, 2.05) is 6.07 Å². The maximum atomic E-state index is 12.5. The lowest BCUT2D eigenvalue weighted by Crippen LogP contribution is -2.27. The number of ether oxygens (including phenoxy) is 2. The topological polar surface area (TPSA) is 115 Å². The molecule has 2 N–H and O–H groups in total. The molecule has 8 heteroatoms. The van der Waals surface area contributed by atoms with Gasteiger partial charge in [0.2, 0.25) is 11.7 Å². The second-order valence-electron chi connectivity index (χ2n) is 6.27. The number of aromatic amines is 1. The van der Waals surface area contributed by atoms with Crippen LogP contribution in [0.2, 0.25) is 0 Å². The van der Waals surface area contributed by atoms with E-state index < -0.39 is 30.2 Å². The first-order valence-corrected chi connectivity index (χ1v) is 8.76. The summed E-state index contributed by atoms with van der Waals surface area (Å²) in [5, 5.41) is 2.41. The van der Waals surface area contributed by atoms with Crippen LogP contribution in [0.1, 0.15) is 44.6 Å². The summed E-state index contributed by atoms with van der Waals surface area (Å²) in [6, 6.07) is 8.87. The molecule has 0 atom stereocenters. The Morgan fingerprint density at radius 2 is 1.76 bits per heavy atom. The third-order valence-electron chi connectivity index (χ3n) is 4.08. The molecule has 2 rings (SSSR count). The summed E-state index contributed by atoms with van der Waals surface area (Å²) in [6.07, 6.45) is 1.45. The van der Waals surface area contributed by atoms with E-state index in [4.69, 9.17) is 9.47 Å². The first-order chi connectivity index (χ1) is 13.7. The van der Waals surface area contributed by atoms with Gasteiger partial charge in [-0.2, -0.15) is 0 Å². The Balaban J connectivity index is 2.16. The fourth-order valence-electron chi connectivity index (χ4n) is 2.77. The number of esters is 2. The van der Waals surface area contributed by atoms with E-state index >= 15 is 0 Å². The van der Waals surface area contributed by atoms with E-state index in [9.17, 15) is 19.2 Å². The van der Waals surface area contributed by atoms with E-state index in [1.165, 1.54) is 20.1 Å². The molecule has 0 saturated heterocycles. The molecule has 0 aliphatic carbocycles. The van der Waals surface area contributed by atoms with Crippen molar-refractivity contribution in [1.82, 2.24) is 10.3 Å². The van der Waals surface area contributed by atoms with Crippen LogP contribution >= 0.6 is 0 Å². The Morgan fingerprint density at radius 1 is 1.10 bits per heavy atom. The lowest BCUT2D eigenvalue weighted by atomic mass is 10.1. The number of nitrogens with one attached hydrogen (secondary N) is 2. The van der Waals surface area contributed by atoms with Crippen LogP contribution in [0.25, 0.3) is 6.08 Å². The first kappa shape index (κ1) is 21.6. The van der Waals surface area contributed by atoms with Crippen molar-refractivity contribution in [1.29, 1.82) is 0 Å². The van der Waals surface area contributed by atoms with E-state index in [0.717, 1.165) is 0 Å². The number of H-pyrrole nitrogens is 1. The van der Waals surface area contributed by atoms with Crippen LogP contribution in [0.3, 0.4) is 0 Å². The molecule has 0 bridgehead atoms. The van der Waals surface area contributed by atoms with Crippen molar-refractivity contribution in [2.24, 2.45) is 0 Å². The van der Waals surface area contributed by atoms with Crippen molar-refractivity contribution in [3.63, 3.8) is 0 Å². The van der Waals surface area contributed by atoms with Gasteiger partial charge in [-0.3, -0.25) is 9.59 Å². The van der Waals surface area contributed by atoms with Gasteiger partial charge in [0.15, 0.2) is 6.61 Å². The van der Waals surface area contributed by atoms with Crippen molar-refractivity contribution in [2.45, 2.75) is 20.8 Å². The number of ketones is 1. The molecular weight excluding hydrogens is 376 g/mol. The molecule has 0 fully saturated rings. The lowest BCUT2D eigenvalue weighted by Gasteiger charge is -2.09. The van der Waals surface area contributed by atoms with Crippen molar-refractivity contribution in [3.05, 3.63) is 64.1 Å². The average Bonchev–Trinajstić information content (AvgIpc) is 2.99. The third-order valence-corrected chi connectivity index (χ3v) is 4.08. The van der Waals surface area contributed by atoms with Crippen LogP contribution in [0.4, 0.5) is 0 Å².